The first-order chi connectivity index (χ1) is 13.0. The molecule has 0 spiro atoms. The molecule has 0 aliphatic rings. The highest BCUT2D eigenvalue weighted by molar-refractivity contribution is 5.81. The van der Waals surface area contributed by atoms with Gasteiger partial charge in [0.2, 0.25) is 0 Å². The molecule has 6 heteroatoms. The molecule has 3 rings (SSSR count). The van der Waals surface area contributed by atoms with Crippen molar-refractivity contribution in [1.29, 1.82) is 0 Å². The maximum atomic E-state index is 13.0. The zero-order valence-electron chi connectivity index (χ0n) is 15.0. The van der Waals surface area contributed by atoms with Crippen molar-refractivity contribution in [2.75, 3.05) is 6.61 Å². The van der Waals surface area contributed by atoms with E-state index >= 15 is 0 Å². The van der Waals surface area contributed by atoms with Gasteiger partial charge in [-0.2, -0.15) is 5.10 Å². The molecule has 0 aliphatic carbocycles. The summed E-state index contributed by atoms with van der Waals surface area (Å²) < 4.78 is 24.1. The van der Waals surface area contributed by atoms with E-state index in [1.807, 2.05) is 32.0 Å². The Kier molecular flexibility index (Phi) is 5.66. The normalized spacial score (nSPS) is 10.9. The molecule has 0 unspecified atom stereocenters. The first-order valence-electron chi connectivity index (χ1n) is 8.39. The van der Waals surface area contributed by atoms with Crippen molar-refractivity contribution in [2.24, 2.45) is 5.10 Å². The summed E-state index contributed by atoms with van der Waals surface area (Å²) in [4.78, 5) is 11.9. The van der Waals surface area contributed by atoms with Crippen LogP contribution in [0.1, 0.15) is 16.9 Å². The predicted molar refractivity (Wildman–Crippen MR) is 101 cm³/mol. The summed E-state index contributed by atoms with van der Waals surface area (Å²) in [6.07, 6.45) is 1.39. The number of amides is 1. The average Bonchev–Trinajstić information content (AvgIpc) is 3.11. The van der Waals surface area contributed by atoms with Crippen LogP contribution < -0.4 is 10.2 Å². The molecule has 3 aromatic rings. The number of aryl methyl sites for hydroxylation is 2. The number of carbonyl (C=O) groups is 1. The zero-order chi connectivity index (χ0) is 19.2. The number of furan rings is 1. The third kappa shape index (κ3) is 4.82. The zero-order valence-corrected chi connectivity index (χ0v) is 15.0. The molecule has 1 amide bonds. The fourth-order valence-corrected chi connectivity index (χ4v) is 2.56. The molecule has 1 N–H and O–H groups in total. The van der Waals surface area contributed by atoms with Gasteiger partial charge in [-0.1, -0.05) is 18.2 Å². The maximum absolute atomic E-state index is 13.0. The van der Waals surface area contributed by atoms with Gasteiger partial charge in [0.05, 0.1) is 6.21 Å². The highest BCUT2D eigenvalue weighted by Gasteiger charge is 2.07. The van der Waals surface area contributed by atoms with Gasteiger partial charge in [0.25, 0.3) is 5.91 Å². The molecular formula is C21H19FN2O3. The SMILES string of the molecule is Cc1cccc(C)c1OCC(=O)NN=Cc1ccc(-c2ccc(F)cc2)o1. The number of halogens is 1. The Morgan fingerprint density at radius 2 is 1.81 bits per heavy atom. The molecule has 27 heavy (non-hydrogen) atoms. The monoisotopic (exact) mass is 366 g/mol. The van der Waals surface area contributed by atoms with Gasteiger partial charge in [-0.3, -0.25) is 4.79 Å². The highest BCUT2D eigenvalue weighted by Crippen LogP contribution is 2.22. The minimum atomic E-state index is -0.376. The van der Waals surface area contributed by atoms with Gasteiger partial charge in [-0.05, 0) is 61.4 Å². The largest absolute Gasteiger partial charge is 0.483 e. The van der Waals surface area contributed by atoms with E-state index in [1.165, 1.54) is 18.3 Å². The topological polar surface area (TPSA) is 63.8 Å². The second-order valence-corrected chi connectivity index (χ2v) is 6.01. The lowest BCUT2D eigenvalue weighted by atomic mass is 10.1. The molecule has 0 radical (unpaired) electrons. The molecule has 5 nitrogen and oxygen atoms in total. The van der Waals surface area contributed by atoms with Crippen LogP contribution in [0.25, 0.3) is 11.3 Å². The van der Waals surface area contributed by atoms with Crippen molar-refractivity contribution in [2.45, 2.75) is 13.8 Å². The van der Waals surface area contributed by atoms with E-state index in [0.29, 0.717) is 17.3 Å². The summed E-state index contributed by atoms with van der Waals surface area (Å²) in [6, 6.07) is 15.2. The summed E-state index contributed by atoms with van der Waals surface area (Å²) >= 11 is 0. The molecule has 1 aromatic heterocycles. The number of benzene rings is 2. The Hall–Kier alpha value is -3.41. The van der Waals surface area contributed by atoms with E-state index in [4.69, 9.17) is 9.15 Å². The Labute approximate surface area is 156 Å². The maximum Gasteiger partial charge on any atom is 0.277 e. The molecule has 2 aromatic carbocycles. The number of hydrazone groups is 1. The van der Waals surface area contributed by atoms with Crippen LogP contribution in [-0.2, 0) is 4.79 Å². The Balaban J connectivity index is 1.53. The average molecular weight is 366 g/mol. The van der Waals surface area contributed by atoms with Gasteiger partial charge in [0, 0.05) is 5.56 Å². The van der Waals surface area contributed by atoms with E-state index in [0.717, 1.165) is 16.7 Å². The van der Waals surface area contributed by atoms with Gasteiger partial charge in [0.15, 0.2) is 6.61 Å². The van der Waals surface area contributed by atoms with Crippen molar-refractivity contribution in [3.05, 3.63) is 77.3 Å². The standard InChI is InChI=1S/C21H19FN2O3/c1-14-4-3-5-15(2)21(14)26-13-20(25)24-23-12-18-10-11-19(27-18)16-6-8-17(22)9-7-16/h3-12H,13H2,1-2H3,(H,24,25). The lowest BCUT2D eigenvalue weighted by Gasteiger charge is -2.10. The summed E-state index contributed by atoms with van der Waals surface area (Å²) in [5, 5.41) is 3.86. The van der Waals surface area contributed by atoms with Gasteiger partial charge in [0.1, 0.15) is 23.1 Å². The second kappa shape index (κ2) is 8.31. The predicted octanol–water partition coefficient (Wildman–Crippen LogP) is 4.23. The van der Waals surface area contributed by atoms with Gasteiger partial charge in [-0.25, -0.2) is 9.82 Å². The highest BCUT2D eigenvalue weighted by atomic mass is 19.1. The van der Waals surface area contributed by atoms with Crippen LogP contribution in [0.5, 0.6) is 5.75 Å². The van der Waals surface area contributed by atoms with Crippen molar-refractivity contribution in [1.82, 2.24) is 5.43 Å². The quantitative estimate of drug-likeness (QED) is 0.524. The minimum absolute atomic E-state index is 0.137. The summed E-state index contributed by atoms with van der Waals surface area (Å²) in [5.41, 5.74) is 5.08. The van der Waals surface area contributed by atoms with Crippen LogP contribution in [0.15, 0.2) is 64.1 Å². The first kappa shape index (κ1) is 18.4. The Morgan fingerprint density at radius 3 is 2.52 bits per heavy atom. The van der Waals surface area contributed by atoms with E-state index in [2.05, 4.69) is 10.5 Å². The molecule has 1 heterocycles. The van der Waals surface area contributed by atoms with E-state index in [1.54, 1.807) is 24.3 Å². The van der Waals surface area contributed by atoms with Crippen LogP contribution in [0, 0.1) is 19.7 Å². The summed E-state index contributed by atoms with van der Waals surface area (Å²) in [6.45, 7) is 3.71. The number of carbonyl (C=O) groups excluding carboxylic acids is 1. The fourth-order valence-electron chi connectivity index (χ4n) is 2.56. The third-order valence-electron chi connectivity index (χ3n) is 3.89. The van der Waals surface area contributed by atoms with Crippen molar-refractivity contribution < 1.29 is 18.3 Å². The first-order valence-corrected chi connectivity index (χ1v) is 8.39. The molecule has 0 saturated heterocycles. The molecule has 0 bridgehead atoms. The smallest absolute Gasteiger partial charge is 0.277 e. The van der Waals surface area contributed by atoms with E-state index in [-0.39, 0.29) is 18.3 Å². The number of hydrogen-bond acceptors (Lipinski definition) is 4. The van der Waals surface area contributed by atoms with Gasteiger partial charge in [-0.15, -0.1) is 0 Å². The summed E-state index contributed by atoms with van der Waals surface area (Å²) in [7, 11) is 0. The van der Waals surface area contributed by atoms with Crippen LogP contribution in [-0.4, -0.2) is 18.7 Å². The number of para-hydroxylation sites is 1. The molecule has 0 atom stereocenters. The number of nitrogens with one attached hydrogen (secondary N) is 1. The molecule has 0 saturated carbocycles. The van der Waals surface area contributed by atoms with Crippen LogP contribution in [0.4, 0.5) is 4.39 Å². The van der Waals surface area contributed by atoms with E-state index < -0.39 is 0 Å². The lowest BCUT2D eigenvalue weighted by Crippen LogP contribution is -2.24. The van der Waals surface area contributed by atoms with Gasteiger partial charge < -0.3 is 9.15 Å². The molecule has 0 aliphatic heterocycles. The minimum Gasteiger partial charge on any atom is -0.483 e. The number of ether oxygens (including phenoxy) is 1. The number of nitrogens with zero attached hydrogens (tertiary/aromatic N) is 1. The molecule has 0 fully saturated rings. The lowest BCUT2D eigenvalue weighted by molar-refractivity contribution is -0.123. The Bertz CT molecular complexity index is 942. The van der Waals surface area contributed by atoms with Crippen molar-refractivity contribution in [3.63, 3.8) is 0 Å². The molecular weight excluding hydrogens is 347 g/mol. The number of hydrogen-bond donors (Lipinski definition) is 1. The van der Waals surface area contributed by atoms with Crippen LogP contribution >= 0.6 is 0 Å². The van der Waals surface area contributed by atoms with Crippen LogP contribution in [0.2, 0.25) is 0 Å². The van der Waals surface area contributed by atoms with E-state index in [9.17, 15) is 9.18 Å². The Morgan fingerprint density at radius 1 is 1.11 bits per heavy atom. The number of rotatable bonds is 6. The summed E-state index contributed by atoms with van der Waals surface area (Å²) in [5.74, 6) is 1.06. The second-order valence-electron chi connectivity index (χ2n) is 6.01. The van der Waals surface area contributed by atoms with Gasteiger partial charge >= 0.3 is 0 Å². The van der Waals surface area contributed by atoms with Crippen molar-refractivity contribution in [3.8, 4) is 17.1 Å². The van der Waals surface area contributed by atoms with Crippen LogP contribution in [0.3, 0.4) is 0 Å². The van der Waals surface area contributed by atoms with Crippen molar-refractivity contribution >= 4 is 12.1 Å². The third-order valence-corrected chi connectivity index (χ3v) is 3.89. The molecule has 138 valence electrons. The fraction of sp³-hybridized carbons (Fsp3) is 0.143.